The van der Waals surface area contributed by atoms with Crippen molar-refractivity contribution in [3.05, 3.63) is 345 Å². The fourth-order valence-corrected chi connectivity index (χ4v) is 22.5. The number of alkyl carbamates (subject to hydrolysis) is 4. The maximum Gasteiger partial charge on any atom is 0.407 e. The molecule has 0 spiro atoms. The average molecular weight is 1910 g/mol. The van der Waals surface area contributed by atoms with Gasteiger partial charge in [0.1, 0.15) is 29.6 Å². The zero-order chi connectivity index (χ0) is 97.7. The van der Waals surface area contributed by atoms with Crippen molar-refractivity contribution in [1.29, 1.82) is 0 Å². The van der Waals surface area contributed by atoms with E-state index in [4.69, 9.17) is 18.9 Å². The number of hydrogen-bond donors (Lipinski definition) is 5. The number of rotatable bonds is 20. The maximum atomic E-state index is 13.6. The molecule has 0 unspecified atom stereocenters. The van der Waals surface area contributed by atoms with Crippen molar-refractivity contribution in [2.45, 2.75) is 178 Å². The lowest BCUT2D eigenvalue weighted by atomic mass is 9.63. The number of amides is 4. The lowest BCUT2D eigenvalue weighted by Gasteiger charge is -2.43. The van der Waals surface area contributed by atoms with Crippen LogP contribution in [0.3, 0.4) is 0 Å². The van der Waals surface area contributed by atoms with E-state index in [1.807, 2.05) is 130 Å². The molecule has 726 valence electrons. The molecule has 0 saturated heterocycles. The highest BCUT2D eigenvalue weighted by Gasteiger charge is 2.46. The summed E-state index contributed by atoms with van der Waals surface area (Å²) in [6, 6.07) is 47.8. The van der Waals surface area contributed by atoms with Crippen molar-refractivity contribution < 1.29 is 55.7 Å². The smallest absolute Gasteiger partial charge is 0.407 e. The molecule has 8 aromatic heterocycles. The van der Waals surface area contributed by atoms with E-state index in [0.29, 0.717) is 73.8 Å². The zero-order valence-electron chi connectivity index (χ0n) is 79.4. The minimum atomic E-state index is -0.366. The van der Waals surface area contributed by atoms with Gasteiger partial charge in [0, 0.05) is 119 Å². The van der Waals surface area contributed by atoms with Crippen molar-refractivity contribution >= 4 is 48.7 Å². The molecule has 24 nitrogen and oxygen atoms in total. The van der Waals surface area contributed by atoms with Gasteiger partial charge in [0.2, 0.25) is 5.56 Å². The van der Waals surface area contributed by atoms with Crippen LogP contribution < -0.4 is 26.8 Å². The summed E-state index contributed by atoms with van der Waals surface area (Å²) >= 11 is 0. The summed E-state index contributed by atoms with van der Waals surface area (Å²) in [6.07, 6.45) is 46.7. The van der Waals surface area contributed by atoms with Gasteiger partial charge in [-0.05, 0) is 331 Å². The van der Waals surface area contributed by atoms with Gasteiger partial charge < -0.3 is 45.2 Å². The number of pyridine rings is 5. The van der Waals surface area contributed by atoms with Crippen LogP contribution in [0.1, 0.15) is 196 Å². The van der Waals surface area contributed by atoms with Gasteiger partial charge in [-0.25, -0.2) is 46.7 Å². The molecule has 4 amide bonds. The van der Waals surface area contributed by atoms with Crippen LogP contribution in [0.5, 0.6) is 0 Å². The lowest BCUT2D eigenvalue weighted by Crippen LogP contribution is -2.44. The molecular weight excluding hydrogens is 1790 g/mol. The number of aromatic nitrogens is 11. The number of hydrogen-bond acceptors (Lipinski definition) is 19. The molecule has 0 bridgehead atoms. The highest BCUT2D eigenvalue weighted by molar-refractivity contribution is 5.71. The Labute approximate surface area is 818 Å². The first-order valence-corrected chi connectivity index (χ1v) is 49.3. The number of carbonyl (C=O) groups excluding carboxylic acids is 4. The maximum absolute atomic E-state index is 13.6. The second-order valence-electron chi connectivity index (χ2n) is 37.6. The van der Waals surface area contributed by atoms with Crippen LogP contribution in [-0.4, -0.2) is 130 Å². The highest BCUT2D eigenvalue weighted by atomic mass is 19.1. The molecule has 0 aliphatic heterocycles. The largest absolute Gasteiger partial charge is 0.450 e. The van der Waals surface area contributed by atoms with E-state index in [0.717, 1.165) is 193 Å². The molecule has 16 atom stereocenters. The number of ether oxygens (including phenoxy) is 4. The number of halogens is 4. The number of fused-ring (bicyclic) bond motifs is 8. The van der Waals surface area contributed by atoms with Crippen LogP contribution >= 0.6 is 0 Å². The Bertz CT molecular complexity index is 6060. The van der Waals surface area contributed by atoms with Crippen molar-refractivity contribution in [3.63, 3.8) is 0 Å². The number of H-pyrrole nitrogens is 1. The van der Waals surface area contributed by atoms with Crippen LogP contribution in [0, 0.1) is 70.6 Å². The molecule has 8 heterocycles. The summed E-state index contributed by atoms with van der Waals surface area (Å²) in [6.45, 7) is 8.72. The van der Waals surface area contributed by atoms with Gasteiger partial charge in [-0.2, -0.15) is 20.4 Å². The molecule has 4 saturated carbocycles. The molecular formula is C113H117F4N15O9. The Morgan fingerprint density at radius 2 is 0.716 bits per heavy atom. The second kappa shape index (κ2) is 46.9. The van der Waals surface area contributed by atoms with Gasteiger partial charge >= 0.3 is 24.4 Å². The van der Waals surface area contributed by atoms with Crippen molar-refractivity contribution in [3.8, 4) is 44.5 Å². The van der Waals surface area contributed by atoms with E-state index in [-0.39, 0.29) is 101 Å². The quantitative estimate of drug-likeness (QED) is 0.0350. The van der Waals surface area contributed by atoms with Crippen LogP contribution in [-0.2, 0) is 44.6 Å². The Morgan fingerprint density at radius 1 is 0.355 bits per heavy atom. The predicted molar refractivity (Wildman–Crippen MR) is 533 cm³/mol. The van der Waals surface area contributed by atoms with E-state index in [2.05, 4.69) is 119 Å². The average Bonchev–Trinajstić information content (AvgIpc) is 0.756. The summed E-state index contributed by atoms with van der Waals surface area (Å²) in [5, 5.41) is 29.0. The van der Waals surface area contributed by atoms with E-state index < -0.39 is 0 Å². The van der Waals surface area contributed by atoms with E-state index in [1.165, 1.54) is 70.8 Å². The van der Waals surface area contributed by atoms with Crippen LogP contribution in [0.15, 0.2) is 249 Å². The summed E-state index contributed by atoms with van der Waals surface area (Å²) in [4.78, 5) is 90.1. The standard InChI is InChI=1S/C29H30FN3O3.3C28H29FN4O2/c1-2-36-29(35)32-23-9-10-24-20(15-23)16-27-26(12-13-28(34)33-27)25(24)11-8-22-7-6-19(17-31-22)18-4-3-5-21(30)14-18;1-2-35-28(34)33-24-9-10-25-20(14-24)12-21-15-30-17-32-27(21)26(25)11-8-23-7-6-19(16-31-23)18-4-3-5-22(29)13-18;1-2-35-28(34)33-24-9-10-25-20(14-24)12-21-16-31-32-17-27(21)26(25)11-8-23-7-6-19(15-30-23)18-4-3-5-22(29)13-18;1-2-35-28(34)32-24-9-10-25-21(16-24)14-19-12-13-31-33-27(19)26(25)11-8-23-7-6-20(17-30-23)18-4-3-5-22(29)15-18/h3-8,11-14,17,20,23-25H,2,9-10,15-16H2,1H3,(H,32,35)(H,33,34);2*3-8,11,13,15-17,20,24-26H,2,9-10,12,14H2,1H3,(H,33,34);3-8,11-13,15,17,21,24-26H,2,9-10,14,16H2,1H3,(H,32,34)/b4*11-8+/t20-,23+,24+,25-;2*20-,24-,25-,26+;21-,24-,25-,26+/m0111/s1. The molecule has 4 fully saturated rings. The summed E-state index contributed by atoms with van der Waals surface area (Å²) in [7, 11) is 0. The number of benzene rings is 4. The van der Waals surface area contributed by atoms with Gasteiger partial charge in [-0.1, -0.05) is 103 Å². The fourth-order valence-electron chi connectivity index (χ4n) is 22.5. The van der Waals surface area contributed by atoms with Gasteiger partial charge in [0.05, 0.1) is 73.0 Å². The molecule has 8 aliphatic carbocycles. The van der Waals surface area contributed by atoms with E-state index in [1.54, 1.807) is 74.6 Å². The third kappa shape index (κ3) is 25.2. The molecule has 12 aromatic rings. The van der Waals surface area contributed by atoms with Gasteiger partial charge in [0.15, 0.2) is 0 Å². The Hall–Kier alpha value is -14.6. The monoisotopic (exact) mass is 1900 g/mol. The number of carbonyl (C=O) groups is 4. The van der Waals surface area contributed by atoms with Crippen LogP contribution in [0.25, 0.3) is 68.8 Å². The molecule has 141 heavy (non-hydrogen) atoms. The SMILES string of the molecule is CCOC(=O)N[C@@H]1CC[C@@H]2[C@H](Cc3[nH]c(=O)ccc3[C@H]2/C=C/c2ccc(-c3cccc(F)c3)cn2)C1.CCOC(=O)N[C@@H]1CC[C@@H]2[C@H](Cc3ccnnc3[C@H]2/C=C/c2ccc(-c3cccc(F)c3)cn2)C1.CCOC(=O)N[C@@H]1CC[C@@H]2[C@H](Cc3cncnc3[C@H]2/C=C/c2ccc(-c3cccc(F)c3)cn2)C1.CCOC(=O)N[C@@H]1CC[C@@H]2[C@H](Cc3cnncc3[C@H]2/C=C/c2ccc(-c3cccc(F)c3)cn2)C1. The topological polar surface area (TPSA) is 315 Å². The third-order valence-electron chi connectivity index (χ3n) is 28.9. The number of aromatic amines is 1. The van der Waals surface area contributed by atoms with Gasteiger partial charge in [-0.3, -0.25) is 24.7 Å². The minimum Gasteiger partial charge on any atom is -0.450 e. The minimum absolute atomic E-state index is 0.0731. The summed E-state index contributed by atoms with van der Waals surface area (Å²) in [5.41, 5.74) is 19.1. The van der Waals surface area contributed by atoms with Crippen molar-refractivity contribution in [2.24, 2.45) is 47.3 Å². The van der Waals surface area contributed by atoms with E-state index in [9.17, 15) is 41.5 Å². The number of allylic oxidation sites excluding steroid dienone is 4. The Morgan fingerprint density at radius 3 is 1.11 bits per heavy atom. The predicted octanol–water partition coefficient (Wildman–Crippen LogP) is 22.1. The Kier molecular flexibility index (Phi) is 32.6. The van der Waals surface area contributed by atoms with Gasteiger partial charge in [0.25, 0.3) is 0 Å². The number of nitrogens with one attached hydrogen (secondary N) is 5. The second-order valence-corrected chi connectivity index (χ2v) is 37.6. The normalized spacial score (nSPS) is 23.3. The first-order valence-electron chi connectivity index (χ1n) is 49.3. The van der Waals surface area contributed by atoms with Crippen LogP contribution in [0.4, 0.5) is 36.7 Å². The molecule has 5 N–H and O–H groups in total. The number of nitrogens with zero attached hydrogens (tertiary/aromatic N) is 10. The van der Waals surface area contributed by atoms with E-state index >= 15 is 0 Å². The summed E-state index contributed by atoms with van der Waals surface area (Å²) < 4.78 is 74.6. The highest BCUT2D eigenvalue weighted by Crippen LogP contribution is 2.52. The first kappa shape index (κ1) is 98.1. The van der Waals surface area contributed by atoms with Crippen molar-refractivity contribution in [2.75, 3.05) is 26.4 Å². The molecule has 20 rings (SSSR count). The Balaban J connectivity index is 0.000000130. The summed E-state index contributed by atoms with van der Waals surface area (Å²) in [5.74, 6) is 3.05. The third-order valence-corrected chi connectivity index (χ3v) is 28.9. The molecule has 28 heteroatoms. The zero-order valence-corrected chi connectivity index (χ0v) is 79.4. The first-order chi connectivity index (χ1) is 68.8. The molecule has 8 aliphatic rings. The van der Waals surface area contributed by atoms with Crippen LogP contribution in [0.2, 0.25) is 0 Å². The van der Waals surface area contributed by atoms with Crippen molar-refractivity contribution in [1.82, 2.24) is 76.5 Å². The fraction of sp³-hybridized carbons (Fsp3) is 0.354. The lowest BCUT2D eigenvalue weighted by molar-refractivity contribution is 0.127. The molecule has 0 radical (unpaired) electrons. The molecule has 4 aromatic carbocycles. The van der Waals surface area contributed by atoms with Gasteiger partial charge in [-0.15, -0.1) is 0 Å².